The van der Waals surface area contributed by atoms with Crippen LogP contribution in [-0.2, 0) is 9.53 Å². The van der Waals surface area contributed by atoms with Crippen LogP contribution in [0.3, 0.4) is 0 Å². The zero-order valence-corrected chi connectivity index (χ0v) is 20.2. The smallest absolute Gasteiger partial charge is 0.338 e. The summed E-state index contributed by atoms with van der Waals surface area (Å²) >= 11 is 1.27. The van der Waals surface area contributed by atoms with Crippen LogP contribution < -0.4 is 24.4 Å². The standard InChI is InChI=1S/C25H25N3O5S/c1-5-32-19-14-17(7-8-18(19)31-4)22-21(24(30)33-6-2)15(3)27-25-28(22)23(29)20(34-25)13-16-9-11-26-12-10-16/h7-14,22H,5-6H2,1-4H3/b20-13-. The molecule has 2 aromatic heterocycles. The topological polar surface area (TPSA) is 92.0 Å². The summed E-state index contributed by atoms with van der Waals surface area (Å²) in [4.78, 5) is 35.8. The summed E-state index contributed by atoms with van der Waals surface area (Å²) in [6.45, 7) is 6.03. The van der Waals surface area contributed by atoms with Gasteiger partial charge in [0, 0.05) is 12.4 Å². The first-order valence-corrected chi connectivity index (χ1v) is 11.7. The maximum atomic E-state index is 13.6. The lowest BCUT2D eigenvalue weighted by molar-refractivity contribution is -0.139. The Balaban J connectivity index is 1.97. The number of fused-ring (bicyclic) bond motifs is 1. The van der Waals surface area contributed by atoms with Crippen molar-refractivity contribution in [1.82, 2.24) is 9.55 Å². The van der Waals surface area contributed by atoms with Crippen molar-refractivity contribution >= 4 is 23.4 Å². The Hall–Kier alpha value is -3.72. The highest BCUT2D eigenvalue weighted by atomic mass is 32.1. The van der Waals surface area contributed by atoms with Crippen LogP contribution in [0.5, 0.6) is 11.5 Å². The Morgan fingerprint density at radius 2 is 1.91 bits per heavy atom. The third-order valence-electron chi connectivity index (χ3n) is 5.32. The number of aromatic nitrogens is 2. The number of esters is 1. The van der Waals surface area contributed by atoms with Crippen LogP contribution in [-0.4, -0.2) is 35.8 Å². The van der Waals surface area contributed by atoms with Crippen molar-refractivity contribution in [3.63, 3.8) is 0 Å². The van der Waals surface area contributed by atoms with Gasteiger partial charge in [-0.05, 0) is 62.2 Å². The number of rotatable bonds is 7. The van der Waals surface area contributed by atoms with Gasteiger partial charge in [0.15, 0.2) is 16.3 Å². The number of carbonyl (C=O) groups excluding carboxylic acids is 1. The lowest BCUT2D eigenvalue weighted by atomic mass is 9.95. The van der Waals surface area contributed by atoms with Crippen molar-refractivity contribution in [2.24, 2.45) is 4.99 Å². The number of nitrogens with zero attached hydrogens (tertiary/aromatic N) is 3. The number of hydrogen-bond donors (Lipinski definition) is 0. The summed E-state index contributed by atoms with van der Waals surface area (Å²) in [6, 6.07) is 8.31. The lowest BCUT2D eigenvalue weighted by Crippen LogP contribution is -2.40. The third kappa shape index (κ3) is 4.38. The number of thiazole rings is 1. The van der Waals surface area contributed by atoms with Crippen molar-refractivity contribution in [1.29, 1.82) is 0 Å². The maximum Gasteiger partial charge on any atom is 0.338 e. The number of ether oxygens (including phenoxy) is 3. The second kappa shape index (κ2) is 10.0. The zero-order valence-electron chi connectivity index (χ0n) is 19.4. The molecule has 0 N–H and O–H groups in total. The molecular formula is C25H25N3O5S. The largest absolute Gasteiger partial charge is 0.493 e. The fourth-order valence-corrected chi connectivity index (χ4v) is 4.90. The van der Waals surface area contributed by atoms with Crippen LogP contribution in [0.4, 0.5) is 0 Å². The van der Waals surface area contributed by atoms with Gasteiger partial charge in [0.05, 0.1) is 42.2 Å². The fourth-order valence-electron chi connectivity index (χ4n) is 3.85. The van der Waals surface area contributed by atoms with Gasteiger partial charge in [-0.3, -0.25) is 14.3 Å². The predicted octanol–water partition coefficient (Wildman–Crippen LogP) is 2.60. The van der Waals surface area contributed by atoms with E-state index in [2.05, 4.69) is 9.98 Å². The molecule has 4 rings (SSSR count). The molecule has 0 aliphatic carbocycles. The molecular weight excluding hydrogens is 454 g/mol. The Labute approximate surface area is 200 Å². The van der Waals surface area contributed by atoms with Crippen molar-refractivity contribution in [3.8, 4) is 11.5 Å². The minimum atomic E-state index is -0.722. The van der Waals surface area contributed by atoms with E-state index in [0.717, 1.165) is 5.56 Å². The highest BCUT2D eigenvalue weighted by Gasteiger charge is 2.33. The molecule has 0 bridgehead atoms. The molecule has 1 aromatic carbocycles. The first kappa shape index (κ1) is 23.4. The van der Waals surface area contributed by atoms with Crippen LogP contribution in [0.25, 0.3) is 6.08 Å². The number of pyridine rings is 1. The van der Waals surface area contributed by atoms with Crippen LogP contribution in [0, 0.1) is 0 Å². The highest BCUT2D eigenvalue weighted by Crippen LogP contribution is 2.36. The second-order valence-electron chi connectivity index (χ2n) is 7.43. The van der Waals surface area contributed by atoms with Gasteiger partial charge in [0.25, 0.3) is 5.56 Å². The molecule has 1 aliphatic rings. The van der Waals surface area contributed by atoms with Crippen LogP contribution in [0.15, 0.2) is 63.8 Å². The highest BCUT2D eigenvalue weighted by molar-refractivity contribution is 7.07. The van der Waals surface area contributed by atoms with E-state index in [1.165, 1.54) is 11.3 Å². The second-order valence-corrected chi connectivity index (χ2v) is 8.44. The van der Waals surface area contributed by atoms with Crippen LogP contribution >= 0.6 is 11.3 Å². The van der Waals surface area contributed by atoms with Gasteiger partial charge in [-0.1, -0.05) is 17.4 Å². The van der Waals surface area contributed by atoms with Gasteiger partial charge in [0.2, 0.25) is 0 Å². The molecule has 3 heterocycles. The average Bonchev–Trinajstić information content (AvgIpc) is 3.13. The Bertz CT molecular complexity index is 1420. The summed E-state index contributed by atoms with van der Waals surface area (Å²) in [5, 5.41) is 0. The number of benzene rings is 1. The molecule has 1 aliphatic heterocycles. The average molecular weight is 480 g/mol. The summed E-state index contributed by atoms with van der Waals surface area (Å²) in [7, 11) is 1.56. The predicted molar refractivity (Wildman–Crippen MR) is 129 cm³/mol. The van der Waals surface area contributed by atoms with Crippen LogP contribution in [0.2, 0.25) is 0 Å². The zero-order chi connectivity index (χ0) is 24.2. The van der Waals surface area contributed by atoms with Gasteiger partial charge in [-0.2, -0.15) is 0 Å². The summed E-state index contributed by atoms with van der Waals surface area (Å²) in [5.41, 5.74) is 2.12. The third-order valence-corrected chi connectivity index (χ3v) is 6.31. The molecule has 0 saturated heterocycles. The van der Waals surface area contributed by atoms with Crippen LogP contribution in [0.1, 0.15) is 37.9 Å². The molecule has 1 atom stereocenters. The number of carbonyl (C=O) groups is 1. The van der Waals surface area contributed by atoms with Crippen molar-refractivity contribution < 1.29 is 19.0 Å². The lowest BCUT2D eigenvalue weighted by Gasteiger charge is -2.25. The molecule has 0 fully saturated rings. The minimum Gasteiger partial charge on any atom is -0.493 e. The van der Waals surface area contributed by atoms with E-state index in [4.69, 9.17) is 14.2 Å². The van der Waals surface area contributed by atoms with Gasteiger partial charge in [-0.15, -0.1) is 0 Å². The van der Waals surface area contributed by atoms with E-state index in [-0.39, 0.29) is 12.2 Å². The van der Waals surface area contributed by atoms with Gasteiger partial charge in [-0.25, -0.2) is 9.79 Å². The number of methoxy groups -OCH3 is 1. The molecule has 0 amide bonds. The molecule has 0 spiro atoms. The first-order valence-electron chi connectivity index (χ1n) is 10.9. The molecule has 1 unspecified atom stereocenters. The Kier molecular flexibility index (Phi) is 6.93. The minimum absolute atomic E-state index is 0.210. The van der Waals surface area contributed by atoms with E-state index in [1.54, 1.807) is 56.1 Å². The number of allylic oxidation sites excluding steroid dienone is 1. The van der Waals surface area contributed by atoms with Crippen molar-refractivity contribution in [3.05, 3.63) is 84.8 Å². The Morgan fingerprint density at radius 3 is 2.59 bits per heavy atom. The fraction of sp³-hybridized carbons (Fsp3) is 0.280. The molecule has 9 heteroatoms. The van der Waals surface area contributed by atoms with Crippen molar-refractivity contribution in [2.75, 3.05) is 20.3 Å². The number of hydrogen-bond acceptors (Lipinski definition) is 8. The first-order chi connectivity index (χ1) is 16.5. The van der Waals surface area contributed by atoms with E-state index >= 15 is 0 Å². The van der Waals surface area contributed by atoms with E-state index in [0.29, 0.717) is 44.3 Å². The van der Waals surface area contributed by atoms with Gasteiger partial charge < -0.3 is 14.2 Å². The summed E-state index contributed by atoms with van der Waals surface area (Å²) in [6.07, 6.45) is 5.13. The summed E-state index contributed by atoms with van der Waals surface area (Å²) in [5.74, 6) is 0.583. The summed E-state index contributed by atoms with van der Waals surface area (Å²) < 4.78 is 18.6. The quantitative estimate of drug-likeness (QED) is 0.484. The molecule has 8 nitrogen and oxygen atoms in total. The van der Waals surface area contributed by atoms with Gasteiger partial charge in [0.1, 0.15) is 0 Å². The van der Waals surface area contributed by atoms with Crippen molar-refractivity contribution in [2.45, 2.75) is 26.8 Å². The molecule has 3 aromatic rings. The molecule has 176 valence electrons. The molecule has 34 heavy (non-hydrogen) atoms. The Morgan fingerprint density at radius 1 is 1.15 bits per heavy atom. The molecule has 0 radical (unpaired) electrons. The monoisotopic (exact) mass is 479 g/mol. The maximum absolute atomic E-state index is 13.6. The van der Waals surface area contributed by atoms with E-state index in [9.17, 15) is 9.59 Å². The van der Waals surface area contributed by atoms with E-state index < -0.39 is 12.0 Å². The molecule has 0 saturated carbocycles. The van der Waals surface area contributed by atoms with E-state index in [1.807, 2.05) is 25.1 Å². The SMILES string of the molecule is CCOC(=O)C1=C(C)N=c2s/c(=C\c3ccncc3)c(=O)n2C1c1ccc(OC)c(OCC)c1. The normalized spacial score (nSPS) is 15.5. The van der Waals surface area contributed by atoms with Gasteiger partial charge >= 0.3 is 5.97 Å².